The van der Waals surface area contributed by atoms with Crippen LogP contribution in [0.1, 0.15) is 24.5 Å². The number of anilines is 1. The van der Waals surface area contributed by atoms with Crippen LogP contribution >= 0.6 is 0 Å². The summed E-state index contributed by atoms with van der Waals surface area (Å²) in [5, 5.41) is 6.09. The van der Waals surface area contributed by atoms with Gasteiger partial charge < -0.3 is 15.4 Å². The van der Waals surface area contributed by atoms with E-state index in [1.807, 2.05) is 13.0 Å². The largest absolute Gasteiger partial charge is 0.385 e. The number of methoxy groups -OCH3 is 1. The molecule has 1 unspecified atom stereocenters. The molecular weight excluding hydrogens is 240 g/mol. The molecule has 19 heavy (non-hydrogen) atoms. The van der Waals surface area contributed by atoms with Gasteiger partial charge >= 0.3 is 0 Å². The fourth-order valence-electron chi connectivity index (χ4n) is 1.73. The molecule has 0 aromatic heterocycles. The van der Waals surface area contributed by atoms with E-state index >= 15 is 0 Å². The Hall–Kier alpha value is -1.55. The monoisotopic (exact) mass is 264 g/mol. The van der Waals surface area contributed by atoms with Crippen LogP contribution < -0.4 is 10.6 Å². The quantitative estimate of drug-likeness (QED) is 0.743. The summed E-state index contributed by atoms with van der Waals surface area (Å²) >= 11 is 0. The molecule has 1 rings (SSSR count). The summed E-state index contributed by atoms with van der Waals surface area (Å²) in [5.74, 6) is 0.00864. The lowest BCUT2D eigenvalue weighted by molar-refractivity contribution is -0.121. The minimum atomic E-state index is -0.246. The van der Waals surface area contributed by atoms with E-state index in [9.17, 15) is 4.79 Å². The zero-order chi connectivity index (χ0) is 14.3. The summed E-state index contributed by atoms with van der Waals surface area (Å²) in [7, 11) is 1.66. The molecule has 0 radical (unpaired) electrons. The van der Waals surface area contributed by atoms with E-state index in [2.05, 4.69) is 36.6 Å². The lowest BCUT2D eigenvalue weighted by Crippen LogP contribution is -2.38. The van der Waals surface area contributed by atoms with Gasteiger partial charge in [-0.15, -0.1) is 0 Å². The number of carbonyl (C=O) groups is 1. The van der Waals surface area contributed by atoms with Crippen molar-refractivity contribution in [2.24, 2.45) is 0 Å². The Morgan fingerprint density at radius 3 is 2.68 bits per heavy atom. The van der Waals surface area contributed by atoms with Crippen molar-refractivity contribution in [2.75, 3.05) is 25.6 Å². The zero-order valence-electron chi connectivity index (χ0n) is 12.2. The molecule has 0 fully saturated rings. The van der Waals surface area contributed by atoms with Crippen molar-refractivity contribution in [2.45, 2.75) is 33.2 Å². The van der Waals surface area contributed by atoms with Gasteiger partial charge in [0.15, 0.2) is 0 Å². The fraction of sp³-hybridized carbons (Fsp3) is 0.533. The normalized spacial score (nSPS) is 12.0. The first-order valence-corrected chi connectivity index (χ1v) is 6.65. The zero-order valence-corrected chi connectivity index (χ0v) is 12.2. The number of carbonyl (C=O) groups excluding carboxylic acids is 1. The average molecular weight is 264 g/mol. The Morgan fingerprint density at radius 1 is 1.32 bits per heavy atom. The molecule has 0 aliphatic carbocycles. The van der Waals surface area contributed by atoms with Crippen LogP contribution in [-0.2, 0) is 9.53 Å². The average Bonchev–Trinajstić information content (AvgIpc) is 2.38. The molecule has 0 saturated carbocycles. The van der Waals surface area contributed by atoms with Crippen LogP contribution in [-0.4, -0.2) is 32.2 Å². The first-order chi connectivity index (χ1) is 9.04. The SMILES string of the molecule is COCCCNC(=O)C(C)Nc1ccc(C)c(C)c1. The molecule has 106 valence electrons. The molecule has 1 aromatic rings. The van der Waals surface area contributed by atoms with Gasteiger partial charge in [-0.3, -0.25) is 4.79 Å². The number of amides is 1. The third-order valence-corrected chi connectivity index (χ3v) is 3.11. The van der Waals surface area contributed by atoms with E-state index in [4.69, 9.17) is 4.74 Å². The van der Waals surface area contributed by atoms with Crippen LogP contribution in [0.4, 0.5) is 5.69 Å². The maximum absolute atomic E-state index is 11.8. The minimum Gasteiger partial charge on any atom is -0.385 e. The lowest BCUT2D eigenvalue weighted by atomic mass is 10.1. The molecule has 4 nitrogen and oxygen atoms in total. The van der Waals surface area contributed by atoms with Crippen LogP contribution in [0.15, 0.2) is 18.2 Å². The molecule has 0 heterocycles. The van der Waals surface area contributed by atoms with Crippen LogP contribution in [0.2, 0.25) is 0 Å². The smallest absolute Gasteiger partial charge is 0.242 e. The Kier molecular flexibility index (Phi) is 6.36. The van der Waals surface area contributed by atoms with Gasteiger partial charge in [0.05, 0.1) is 0 Å². The first kappa shape index (κ1) is 15.5. The molecule has 0 saturated heterocycles. The summed E-state index contributed by atoms with van der Waals surface area (Å²) in [6.45, 7) is 7.31. The molecule has 0 spiro atoms. The number of rotatable bonds is 7. The Morgan fingerprint density at radius 2 is 2.05 bits per heavy atom. The number of benzene rings is 1. The standard InChI is InChI=1S/C15H24N2O2/c1-11-6-7-14(10-12(11)2)17-13(3)15(18)16-8-5-9-19-4/h6-7,10,13,17H,5,8-9H2,1-4H3,(H,16,18). The predicted octanol–water partition coefficient (Wildman–Crippen LogP) is 2.26. The van der Waals surface area contributed by atoms with Crippen molar-refractivity contribution in [3.05, 3.63) is 29.3 Å². The van der Waals surface area contributed by atoms with Crippen molar-refractivity contribution >= 4 is 11.6 Å². The van der Waals surface area contributed by atoms with Gasteiger partial charge in [-0.1, -0.05) is 6.07 Å². The van der Waals surface area contributed by atoms with Crippen LogP contribution in [0.25, 0.3) is 0 Å². The highest BCUT2D eigenvalue weighted by molar-refractivity contribution is 5.84. The van der Waals surface area contributed by atoms with Gasteiger partial charge in [0, 0.05) is 25.9 Å². The minimum absolute atomic E-state index is 0.00864. The van der Waals surface area contributed by atoms with E-state index in [1.54, 1.807) is 7.11 Å². The molecule has 1 amide bonds. The molecular formula is C15H24N2O2. The summed E-state index contributed by atoms with van der Waals surface area (Å²) in [6.07, 6.45) is 0.832. The molecule has 2 N–H and O–H groups in total. The molecule has 4 heteroatoms. The van der Waals surface area contributed by atoms with Gasteiger partial charge in [-0.25, -0.2) is 0 Å². The Labute approximate surface area is 115 Å². The first-order valence-electron chi connectivity index (χ1n) is 6.65. The highest BCUT2D eigenvalue weighted by Crippen LogP contribution is 2.14. The molecule has 0 aliphatic heterocycles. The summed E-state index contributed by atoms with van der Waals surface area (Å²) < 4.78 is 4.94. The second-order valence-electron chi connectivity index (χ2n) is 4.80. The van der Waals surface area contributed by atoms with E-state index in [-0.39, 0.29) is 11.9 Å². The number of hydrogen-bond donors (Lipinski definition) is 2. The van der Waals surface area contributed by atoms with Crippen LogP contribution in [0.3, 0.4) is 0 Å². The molecule has 1 atom stereocenters. The Bertz CT molecular complexity index is 419. The second kappa shape index (κ2) is 7.79. The highest BCUT2D eigenvalue weighted by Gasteiger charge is 2.11. The van der Waals surface area contributed by atoms with Crippen molar-refractivity contribution in [1.82, 2.24) is 5.32 Å². The van der Waals surface area contributed by atoms with E-state index in [0.29, 0.717) is 13.2 Å². The van der Waals surface area contributed by atoms with Gasteiger partial charge in [-0.2, -0.15) is 0 Å². The fourth-order valence-corrected chi connectivity index (χ4v) is 1.73. The number of nitrogens with one attached hydrogen (secondary N) is 2. The van der Waals surface area contributed by atoms with Crippen molar-refractivity contribution in [1.29, 1.82) is 0 Å². The second-order valence-corrected chi connectivity index (χ2v) is 4.80. The van der Waals surface area contributed by atoms with Gasteiger partial charge in [0.25, 0.3) is 0 Å². The van der Waals surface area contributed by atoms with E-state index in [0.717, 1.165) is 12.1 Å². The maximum atomic E-state index is 11.8. The van der Waals surface area contributed by atoms with Gasteiger partial charge in [-0.05, 0) is 50.5 Å². The topological polar surface area (TPSA) is 50.4 Å². The number of ether oxygens (including phenoxy) is 1. The van der Waals surface area contributed by atoms with Gasteiger partial charge in [0.2, 0.25) is 5.91 Å². The Balaban J connectivity index is 2.42. The molecule has 1 aromatic carbocycles. The lowest BCUT2D eigenvalue weighted by Gasteiger charge is -2.16. The third kappa shape index (κ3) is 5.30. The third-order valence-electron chi connectivity index (χ3n) is 3.11. The van der Waals surface area contributed by atoms with E-state index in [1.165, 1.54) is 11.1 Å². The molecule has 0 bridgehead atoms. The molecule has 0 aliphatic rings. The summed E-state index contributed by atoms with van der Waals surface area (Å²) in [6, 6.07) is 5.87. The predicted molar refractivity (Wildman–Crippen MR) is 78.5 cm³/mol. The van der Waals surface area contributed by atoms with Crippen molar-refractivity contribution < 1.29 is 9.53 Å². The van der Waals surface area contributed by atoms with Crippen LogP contribution in [0.5, 0.6) is 0 Å². The summed E-state index contributed by atoms with van der Waals surface area (Å²) in [4.78, 5) is 11.8. The number of aryl methyl sites for hydroxylation is 2. The maximum Gasteiger partial charge on any atom is 0.242 e. The summed E-state index contributed by atoms with van der Waals surface area (Å²) in [5.41, 5.74) is 3.45. The van der Waals surface area contributed by atoms with Crippen molar-refractivity contribution in [3.63, 3.8) is 0 Å². The van der Waals surface area contributed by atoms with Gasteiger partial charge in [0.1, 0.15) is 6.04 Å². The number of hydrogen-bond acceptors (Lipinski definition) is 3. The van der Waals surface area contributed by atoms with E-state index < -0.39 is 0 Å². The van der Waals surface area contributed by atoms with Crippen LogP contribution in [0, 0.1) is 13.8 Å². The van der Waals surface area contributed by atoms with Crippen molar-refractivity contribution in [3.8, 4) is 0 Å². The highest BCUT2D eigenvalue weighted by atomic mass is 16.5.